The van der Waals surface area contributed by atoms with Crippen molar-refractivity contribution in [2.24, 2.45) is 33.9 Å². The predicted octanol–water partition coefficient (Wildman–Crippen LogP) is 4.52. The second kappa shape index (κ2) is 22.0. The summed E-state index contributed by atoms with van der Waals surface area (Å²) < 4.78 is 20.6. The minimum Gasteiger partial charge on any atom is -0.493 e. The van der Waals surface area contributed by atoms with E-state index in [1.165, 1.54) is 72.7 Å². The Bertz CT molecular complexity index is 3010. The molecule has 1 fully saturated rings. The topological polar surface area (TPSA) is 304 Å². The van der Waals surface area contributed by atoms with E-state index in [2.05, 4.69) is 26.6 Å². The van der Waals surface area contributed by atoms with E-state index in [0.717, 1.165) is 4.90 Å². The van der Waals surface area contributed by atoms with E-state index in [4.69, 9.17) is 60.2 Å². The summed E-state index contributed by atoms with van der Waals surface area (Å²) in [7, 11) is 7.70. The number of aliphatic hydroxyl groups is 1. The minimum atomic E-state index is -1.95. The lowest BCUT2D eigenvalue weighted by Gasteiger charge is -2.32. The molecule has 388 valence electrons. The fourth-order valence-corrected chi connectivity index (χ4v) is 8.46. The molecule has 1 saturated heterocycles. The Morgan fingerprint density at radius 1 is 0.740 bits per heavy atom. The number of hydrogen-bond acceptors (Lipinski definition) is 12. The molecule has 24 nitrogen and oxygen atoms in total. The first-order chi connectivity index (χ1) is 34.6. The molecule has 73 heavy (non-hydrogen) atoms. The summed E-state index contributed by atoms with van der Waals surface area (Å²) >= 11 is 17.4. The molecule has 0 unspecified atom stereocenters. The SMILES string of the molecule is COc1cc2c(cc1OCCC(=O)Nc1ccc(C(=O)Nc3ccc(C(=O)Nc4ccc(C(=O)Nc5ccc(C(=O)NCCC(=N)N)n5C)n4C)n3C)n1C)N(C(=O)OCC(Cl)(Cl)Cl)[C@@H](O)[C@@H]1CCCN1C2=O. The molecule has 0 spiro atoms. The lowest BCUT2D eigenvalue weighted by Crippen LogP contribution is -2.51. The fraction of sp³-hybridized carbons (Fsp3) is 0.348. The first kappa shape index (κ1) is 53.1. The van der Waals surface area contributed by atoms with E-state index < -0.39 is 64.2 Å². The van der Waals surface area contributed by atoms with Crippen molar-refractivity contribution in [3.63, 3.8) is 0 Å². The van der Waals surface area contributed by atoms with Gasteiger partial charge in [-0.15, -0.1) is 0 Å². The van der Waals surface area contributed by atoms with Crippen LogP contribution >= 0.6 is 34.8 Å². The number of ether oxygens (including phenoxy) is 3. The van der Waals surface area contributed by atoms with Gasteiger partial charge in [-0.25, -0.2) is 9.69 Å². The molecule has 4 aromatic heterocycles. The Morgan fingerprint density at radius 3 is 1.71 bits per heavy atom. The first-order valence-electron chi connectivity index (χ1n) is 22.4. The van der Waals surface area contributed by atoms with Crippen molar-refractivity contribution in [2.45, 2.75) is 41.7 Å². The average molecular weight is 1070 g/mol. The number of fused-ring (bicyclic) bond motifs is 2. The van der Waals surface area contributed by atoms with Gasteiger partial charge >= 0.3 is 6.09 Å². The molecule has 0 bridgehead atoms. The molecule has 27 heteroatoms. The number of nitrogens with one attached hydrogen (secondary N) is 6. The Hall–Kier alpha value is -7.67. The van der Waals surface area contributed by atoms with Gasteiger partial charge in [-0.05, 0) is 67.4 Å². The smallest absolute Gasteiger partial charge is 0.416 e. The summed E-state index contributed by atoms with van der Waals surface area (Å²) in [6.45, 7) is -0.333. The maximum absolute atomic E-state index is 13.7. The summed E-state index contributed by atoms with van der Waals surface area (Å²) in [5.74, 6) is -1.68. The normalized spacial score (nSPS) is 15.2. The van der Waals surface area contributed by atoms with Gasteiger partial charge in [0.2, 0.25) is 9.70 Å². The Kier molecular flexibility index (Phi) is 16.0. The van der Waals surface area contributed by atoms with Crippen LogP contribution in [-0.2, 0) is 37.7 Å². The zero-order valence-electron chi connectivity index (χ0n) is 40.0. The van der Waals surface area contributed by atoms with Gasteiger partial charge in [-0.1, -0.05) is 34.8 Å². The molecule has 9 N–H and O–H groups in total. The quantitative estimate of drug-likeness (QED) is 0.0362. The third-order valence-corrected chi connectivity index (χ3v) is 12.5. The summed E-state index contributed by atoms with van der Waals surface area (Å²) in [5.41, 5.74) is 6.15. The number of benzene rings is 1. The maximum atomic E-state index is 13.7. The molecule has 0 saturated carbocycles. The highest BCUT2D eigenvalue weighted by Crippen LogP contribution is 2.42. The van der Waals surface area contributed by atoms with Gasteiger partial charge < -0.3 is 74.8 Å². The standard InChI is InChI=1S/C46H52Cl3N13O11/c1-57-25(39(64)52-18-16-33(50)51)8-13-35(57)54-41(66)27-10-15-37(59(27)3)56-42(67)28-11-14-36(60(28)4)55-40(65)26-9-12-34(58(26)2)53-38(63)17-20-72-32-22-30-24(21-31(32)71-5)43(68)61-19-6-7-29(61)44(69)62(30)45(70)73-23-46(47,48)49/h8-15,21-22,29,44,69H,6-7,16-20,23H2,1-5H3,(H3,50,51)(H,52,64)(H,53,63)(H,54,66)(H,55,65)(H,56,67)/t29-,44-/m0/s1. The molecule has 1 aromatic carbocycles. The van der Waals surface area contributed by atoms with Crippen LogP contribution < -0.4 is 46.7 Å². The van der Waals surface area contributed by atoms with Crippen molar-refractivity contribution in [3.05, 3.63) is 89.0 Å². The van der Waals surface area contributed by atoms with E-state index in [9.17, 15) is 38.7 Å². The van der Waals surface area contributed by atoms with E-state index in [1.54, 1.807) is 46.4 Å². The van der Waals surface area contributed by atoms with Crippen LogP contribution in [0.1, 0.15) is 78.0 Å². The van der Waals surface area contributed by atoms with Crippen molar-refractivity contribution in [1.82, 2.24) is 28.5 Å². The molecule has 2 aliphatic rings. The maximum Gasteiger partial charge on any atom is 0.416 e. The molecule has 6 heterocycles. The number of carbonyl (C=O) groups is 7. The van der Waals surface area contributed by atoms with E-state index in [-0.39, 0.29) is 89.0 Å². The summed E-state index contributed by atoms with van der Waals surface area (Å²) in [4.78, 5) is 95.6. The number of aliphatic hydroxyl groups excluding tert-OH is 1. The molecular formula is C46H52Cl3N13O11. The van der Waals surface area contributed by atoms with Crippen molar-refractivity contribution in [2.75, 3.05) is 59.6 Å². The number of nitrogens with zero attached hydrogens (tertiary/aromatic N) is 6. The Labute approximate surface area is 432 Å². The fourth-order valence-electron chi connectivity index (χ4n) is 8.30. The Balaban J connectivity index is 0.941. The third-order valence-electron chi connectivity index (χ3n) is 12.2. The number of methoxy groups -OCH3 is 1. The number of amides is 7. The van der Waals surface area contributed by atoms with E-state index >= 15 is 0 Å². The van der Waals surface area contributed by atoms with E-state index in [0.29, 0.717) is 31.0 Å². The lowest BCUT2D eigenvalue weighted by atomic mass is 10.1. The lowest BCUT2D eigenvalue weighted by molar-refractivity contribution is -0.116. The zero-order chi connectivity index (χ0) is 53.1. The average Bonchev–Trinajstić information content (AvgIpc) is 4.18. The number of amidine groups is 1. The molecular weight excluding hydrogens is 1020 g/mol. The highest BCUT2D eigenvalue weighted by atomic mass is 35.6. The summed E-state index contributed by atoms with van der Waals surface area (Å²) in [6, 6.07) is 14.2. The first-order valence-corrected chi connectivity index (χ1v) is 23.6. The van der Waals surface area contributed by atoms with Crippen molar-refractivity contribution in [3.8, 4) is 11.5 Å². The molecule has 5 aromatic rings. The second-order valence-corrected chi connectivity index (χ2v) is 19.4. The van der Waals surface area contributed by atoms with Crippen LogP contribution in [0.3, 0.4) is 0 Å². The highest BCUT2D eigenvalue weighted by molar-refractivity contribution is 6.67. The molecule has 2 atom stereocenters. The molecule has 7 amide bonds. The number of carbonyl (C=O) groups excluding carboxylic acids is 7. The van der Waals surface area contributed by atoms with Gasteiger partial charge in [-0.2, -0.15) is 0 Å². The van der Waals surface area contributed by atoms with Crippen LogP contribution in [0.15, 0.2) is 60.7 Å². The van der Waals surface area contributed by atoms with Crippen LogP contribution in [0.4, 0.5) is 33.8 Å². The number of halogens is 3. The van der Waals surface area contributed by atoms with Gasteiger partial charge in [0.05, 0.1) is 43.3 Å². The van der Waals surface area contributed by atoms with Gasteiger partial charge in [0.1, 0.15) is 52.7 Å². The zero-order valence-corrected chi connectivity index (χ0v) is 42.3. The van der Waals surface area contributed by atoms with Gasteiger partial charge in [0.25, 0.3) is 29.5 Å². The van der Waals surface area contributed by atoms with Crippen LogP contribution in [0.2, 0.25) is 0 Å². The van der Waals surface area contributed by atoms with Gasteiger partial charge in [-0.3, -0.25) is 34.2 Å². The summed E-state index contributed by atoms with van der Waals surface area (Å²) in [5, 5.41) is 32.5. The monoisotopic (exact) mass is 1070 g/mol. The van der Waals surface area contributed by atoms with Crippen molar-refractivity contribution in [1.29, 1.82) is 5.41 Å². The van der Waals surface area contributed by atoms with Crippen LogP contribution in [-0.4, -0.2) is 125 Å². The molecule has 0 radical (unpaired) electrons. The number of nitrogens with two attached hydrogens (primary N) is 1. The number of hydrogen-bond donors (Lipinski definition) is 8. The van der Waals surface area contributed by atoms with Crippen molar-refractivity contribution < 1.29 is 52.9 Å². The highest BCUT2D eigenvalue weighted by Gasteiger charge is 2.46. The third kappa shape index (κ3) is 11.7. The number of rotatable bonds is 17. The molecule has 7 rings (SSSR count). The van der Waals surface area contributed by atoms with Crippen LogP contribution in [0.5, 0.6) is 11.5 Å². The Morgan fingerprint density at radius 2 is 1.23 bits per heavy atom. The number of alkyl halides is 3. The van der Waals surface area contributed by atoms with Crippen LogP contribution in [0, 0.1) is 5.41 Å². The predicted molar refractivity (Wildman–Crippen MR) is 270 cm³/mol. The van der Waals surface area contributed by atoms with Crippen LogP contribution in [0.25, 0.3) is 0 Å². The number of anilines is 5. The molecule has 0 aliphatic carbocycles. The minimum absolute atomic E-state index is 0.0230. The molecule has 2 aliphatic heterocycles. The second-order valence-electron chi connectivity index (χ2n) is 16.9. The van der Waals surface area contributed by atoms with Crippen molar-refractivity contribution >= 4 is 111 Å². The van der Waals surface area contributed by atoms with Gasteiger partial charge in [0, 0.05) is 53.8 Å². The summed E-state index contributed by atoms with van der Waals surface area (Å²) in [6.07, 6.45) is -1.61. The largest absolute Gasteiger partial charge is 0.493 e. The van der Waals surface area contributed by atoms with Gasteiger partial charge in [0.15, 0.2) is 17.7 Å². The number of aromatic nitrogens is 4. The van der Waals surface area contributed by atoms with E-state index in [1.807, 2.05) is 0 Å².